The second kappa shape index (κ2) is 5.81. The Kier molecular flexibility index (Phi) is 3.92. The van der Waals surface area contributed by atoms with Gasteiger partial charge >= 0.3 is 0 Å². The van der Waals surface area contributed by atoms with Crippen molar-refractivity contribution in [2.24, 2.45) is 5.73 Å². The Labute approximate surface area is 110 Å². The number of rotatable bonds is 5. The first-order valence-electron chi connectivity index (χ1n) is 5.69. The number of primary amides is 1. The SMILES string of the molecule is COc1ccc(CNc2ccc(C(N)=O)nn2)cc1. The van der Waals surface area contributed by atoms with E-state index in [0.717, 1.165) is 11.3 Å². The number of ether oxygens (including phenoxy) is 1. The lowest BCUT2D eigenvalue weighted by molar-refractivity contribution is 0.0994. The molecule has 1 aromatic heterocycles. The molecule has 2 rings (SSSR count). The molecular weight excluding hydrogens is 244 g/mol. The number of carbonyl (C=O) groups is 1. The van der Waals surface area contributed by atoms with Crippen molar-refractivity contribution in [3.63, 3.8) is 0 Å². The molecule has 98 valence electrons. The molecule has 0 fully saturated rings. The number of amides is 1. The minimum Gasteiger partial charge on any atom is -0.497 e. The zero-order valence-corrected chi connectivity index (χ0v) is 10.5. The molecule has 0 bridgehead atoms. The summed E-state index contributed by atoms with van der Waals surface area (Å²) in [7, 11) is 1.63. The van der Waals surface area contributed by atoms with Crippen LogP contribution in [0.4, 0.5) is 5.82 Å². The average molecular weight is 258 g/mol. The van der Waals surface area contributed by atoms with Crippen LogP contribution in [0.5, 0.6) is 5.75 Å². The summed E-state index contributed by atoms with van der Waals surface area (Å²) >= 11 is 0. The smallest absolute Gasteiger partial charge is 0.269 e. The summed E-state index contributed by atoms with van der Waals surface area (Å²) in [5, 5.41) is 10.7. The number of anilines is 1. The van der Waals surface area contributed by atoms with Crippen LogP contribution in [0, 0.1) is 0 Å². The van der Waals surface area contributed by atoms with Crippen LogP contribution in [0.3, 0.4) is 0 Å². The van der Waals surface area contributed by atoms with Crippen molar-refractivity contribution in [2.75, 3.05) is 12.4 Å². The Balaban J connectivity index is 1.95. The second-order valence-corrected chi connectivity index (χ2v) is 3.87. The van der Waals surface area contributed by atoms with E-state index in [1.165, 1.54) is 6.07 Å². The standard InChI is InChI=1S/C13H14N4O2/c1-19-10-4-2-9(3-5-10)8-15-12-7-6-11(13(14)18)16-17-12/h2-7H,8H2,1H3,(H2,14,18)(H,15,17). The number of benzene rings is 1. The third-order valence-corrected chi connectivity index (χ3v) is 2.55. The lowest BCUT2D eigenvalue weighted by Crippen LogP contribution is -2.14. The van der Waals surface area contributed by atoms with Gasteiger partial charge in [-0.05, 0) is 29.8 Å². The summed E-state index contributed by atoms with van der Waals surface area (Å²) < 4.78 is 5.08. The van der Waals surface area contributed by atoms with Gasteiger partial charge in [-0.25, -0.2) is 0 Å². The van der Waals surface area contributed by atoms with Gasteiger partial charge in [0.2, 0.25) is 0 Å². The predicted molar refractivity (Wildman–Crippen MR) is 70.9 cm³/mol. The zero-order valence-electron chi connectivity index (χ0n) is 10.5. The first kappa shape index (κ1) is 12.8. The maximum Gasteiger partial charge on any atom is 0.269 e. The molecule has 0 atom stereocenters. The largest absolute Gasteiger partial charge is 0.497 e. The van der Waals surface area contributed by atoms with Crippen LogP contribution >= 0.6 is 0 Å². The van der Waals surface area contributed by atoms with E-state index in [-0.39, 0.29) is 5.69 Å². The average Bonchev–Trinajstić information content (AvgIpc) is 2.46. The first-order valence-corrected chi connectivity index (χ1v) is 5.69. The lowest BCUT2D eigenvalue weighted by atomic mass is 10.2. The molecule has 0 saturated heterocycles. The quantitative estimate of drug-likeness (QED) is 0.840. The van der Waals surface area contributed by atoms with E-state index in [9.17, 15) is 4.79 Å². The zero-order chi connectivity index (χ0) is 13.7. The summed E-state index contributed by atoms with van der Waals surface area (Å²) in [6, 6.07) is 10.9. The van der Waals surface area contributed by atoms with Gasteiger partial charge in [0.05, 0.1) is 7.11 Å². The van der Waals surface area contributed by atoms with Crippen LogP contribution in [-0.4, -0.2) is 23.2 Å². The van der Waals surface area contributed by atoms with E-state index in [1.807, 2.05) is 24.3 Å². The van der Waals surface area contributed by atoms with Crippen molar-refractivity contribution in [3.8, 4) is 5.75 Å². The number of methoxy groups -OCH3 is 1. The van der Waals surface area contributed by atoms with Crippen LogP contribution in [0.15, 0.2) is 36.4 Å². The second-order valence-electron chi connectivity index (χ2n) is 3.87. The minimum absolute atomic E-state index is 0.148. The van der Waals surface area contributed by atoms with Gasteiger partial charge in [0, 0.05) is 6.54 Å². The number of nitrogens with zero attached hydrogens (tertiary/aromatic N) is 2. The fourth-order valence-electron chi connectivity index (χ4n) is 1.49. The third kappa shape index (κ3) is 3.41. The van der Waals surface area contributed by atoms with E-state index in [4.69, 9.17) is 10.5 Å². The summed E-state index contributed by atoms with van der Waals surface area (Å²) in [5.41, 5.74) is 6.32. The van der Waals surface area contributed by atoms with Crippen molar-refractivity contribution in [1.29, 1.82) is 0 Å². The topological polar surface area (TPSA) is 90.1 Å². The highest BCUT2D eigenvalue weighted by Crippen LogP contribution is 2.12. The maximum absolute atomic E-state index is 10.8. The highest BCUT2D eigenvalue weighted by molar-refractivity contribution is 5.90. The summed E-state index contributed by atoms with van der Waals surface area (Å²) in [6.45, 7) is 0.606. The Morgan fingerprint density at radius 3 is 2.47 bits per heavy atom. The molecule has 0 aliphatic rings. The molecular formula is C13H14N4O2. The monoisotopic (exact) mass is 258 g/mol. The van der Waals surface area contributed by atoms with Crippen LogP contribution in [-0.2, 0) is 6.54 Å². The highest BCUT2D eigenvalue weighted by Gasteiger charge is 2.02. The van der Waals surface area contributed by atoms with Gasteiger partial charge in [-0.15, -0.1) is 10.2 Å². The van der Waals surface area contributed by atoms with Crippen LogP contribution in [0.25, 0.3) is 0 Å². The lowest BCUT2D eigenvalue weighted by Gasteiger charge is -2.06. The van der Waals surface area contributed by atoms with E-state index in [0.29, 0.717) is 12.4 Å². The number of nitrogens with one attached hydrogen (secondary N) is 1. The first-order chi connectivity index (χ1) is 9.19. The van der Waals surface area contributed by atoms with E-state index in [1.54, 1.807) is 13.2 Å². The molecule has 0 spiro atoms. The maximum atomic E-state index is 10.8. The Morgan fingerprint density at radius 2 is 1.95 bits per heavy atom. The fraction of sp³-hybridized carbons (Fsp3) is 0.154. The normalized spacial score (nSPS) is 9.95. The van der Waals surface area contributed by atoms with E-state index < -0.39 is 5.91 Å². The fourth-order valence-corrected chi connectivity index (χ4v) is 1.49. The van der Waals surface area contributed by atoms with Gasteiger partial charge in [0.15, 0.2) is 5.69 Å². The minimum atomic E-state index is -0.589. The van der Waals surface area contributed by atoms with E-state index >= 15 is 0 Å². The summed E-state index contributed by atoms with van der Waals surface area (Å²) in [6.07, 6.45) is 0. The third-order valence-electron chi connectivity index (χ3n) is 2.55. The molecule has 2 aromatic rings. The molecule has 3 N–H and O–H groups in total. The van der Waals surface area contributed by atoms with Gasteiger partial charge in [0.25, 0.3) is 5.91 Å². The molecule has 0 aliphatic heterocycles. The highest BCUT2D eigenvalue weighted by atomic mass is 16.5. The van der Waals surface area contributed by atoms with Crippen LogP contribution < -0.4 is 15.8 Å². The Bertz CT molecular complexity index is 552. The molecule has 6 heteroatoms. The number of carbonyl (C=O) groups excluding carboxylic acids is 1. The van der Waals surface area contributed by atoms with Crippen molar-refractivity contribution < 1.29 is 9.53 Å². The van der Waals surface area contributed by atoms with Crippen LogP contribution in [0.2, 0.25) is 0 Å². The molecule has 1 heterocycles. The molecule has 0 radical (unpaired) electrons. The van der Waals surface area contributed by atoms with Crippen molar-refractivity contribution in [2.45, 2.75) is 6.54 Å². The predicted octanol–water partition coefficient (Wildman–Crippen LogP) is 1.20. The van der Waals surface area contributed by atoms with Crippen LogP contribution in [0.1, 0.15) is 16.1 Å². The molecule has 0 aliphatic carbocycles. The number of aromatic nitrogens is 2. The van der Waals surface area contributed by atoms with Gasteiger partial charge in [-0.3, -0.25) is 4.79 Å². The van der Waals surface area contributed by atoms with Gasteiger partial charge < -0.3 is 15.8 Å². The number of hydrogen-bond donors (Lipinski definition) is 2. The molecule has 1 amide bonds. The molecule has 6 nitrogen and oxygen atoms in total. The summed E-state index contributed by atoms with van der Waals surface area (Å²) in [5.74, 6) is 0.810. The molecule has 19 heavy (non-hydrogen) atoms. The summed E-state index contributed by atoms with van der Waals surface area (Å²) in [4.78, 5) is 10.8. The Morgan fingerprint density at radius 1 is 1.21 bits per heavy atom. The Hall–Kier alpha value is -2.63. The van der Waals surface area contributed by atoms with Crippen molar-refractivity contribution >= 4 is 11.7 Å². The number of hydrogen-bond acceptors (Lipinski definition) is 5. The van der Waals surface area contributed by atoms with Crippen molar-refractivity contribution in [1.82, 2.24) is 10.2 Å². The van der Waals surface area contributed by atoms with Gasteiger partial charge in [-0.2, -0.15) is 0 Å². The van der Waals surface area contributed by atoms with Gasteiger partial charge in [0.1, 0.15) is 11.6 Å². The van der Waals surface area contributed by atoms with Crippen molar-refractivity contribution in [3.05, 3.63) is 47.7 Å². The number of nitrogens with two attached hydrogens (primary N) is 1. The van der Waals surface area contributed by atoms with Gasteiger partial charge in [-0.1, -0.05) is 12.1 Å². The molecule has 0 saturated carbocycles. The molecule has 0 unspecified atom stereocenters. The van der Waals surface area contributed by atoms with E-state index in [2.05, 4.69) is 15.5 Å². The molecule has 1 aromatic carbocycles.